The molecule has 0 aromatic heterocycles. The minimum Gasteiger partial charge on any atom is -0.356 e. The summed E-state index contributed by atoms with van der Waals surface area (Å²) in [5, 5.41) is 6.29. The minimum atomic E-state index is 0.232. The van der Waals surface area contributed by atoms with Crippen LogP contribution < -0.4 is 10.6 Å². The van der Waals surface area contributed by atoms with Crippen molar-refractivity contribution < 1.29 is 4.79 Å². The first-order valence-corrected chi connectivity index (χ1v) is 6.54. The maximum Gasteiger partial charge on any atom is 0.221 e. The number of amides is 1. The topological polar surface area (TPSA) is 44.4 Å². The molecule has 2 saturated heterocycles. The van der Waals surface area contributed by atoms with Crippen molar-refractivity contribution in [2.24, 2.45) is 0 Å². The number of rotatable bonds is 4. The zero-order chi connectivity index (χ0) is 11.4. The van der Waals surface area contributed by atoms with Gasteiger partial charge in [-0.1, -0.05) is 6.92 Å². The van der Waals surface area contributed by atoms with E-state index in [1.54, 1.807) is 0 Å². The molecule has 0 bridgehead atoms. The van der Waals surface area contributed by atoms with E-state index in [-0.39, 0.29) is 5.91 Å². The average Bonchev–Trinajstić information content (AvgIpc) is 2.39. The van der Waals surface area contributed by atoms with Crippen LogP contribution in [0.3, 0.4) is 0 Å². The number of carbonyl (C=O) groups is 1. The highest BCUT2D eigenvalue weighted by molar-refractivity contribution is 5.76. The van der Waals surface area contributed by atoms with E-state index in [1.807, 2.05) is 0 Å². The molecule has 2 fully saturated rings. The predicted molar refractivity (Wildman–Crippen MR) is 64.3 cm³/mol. The van der Waals surface area contributed by atoms with Gasteiger partial charge < -0.3 is 10.6 Å². The molecule has 4 heteroatoms. The molecule has 1 amide bonds. The Morgan fingerprint density at radius 1 is 1.38 bits per heavy atom. The predicted octanol–water partition coefficient (Wildman–Crippen LogP) is 0.339. The van der Waals surface area contributed by atoms with Gasteiger partial charge in [0.1, 0.15) is 0 Å². The lowest BCUT2D eigenvalue weighted by atomic mass is 10.0. The van der Waals surface area contributed by atoms with Gasteiger partial charge in [-0.2, -0.15) is 0 Å². The normalized spacial score (nSPS) is 27.4. The second kappa shape index (κ2) is 5.64. The van der Waals surface area contributed by atoms with Gasteiger partial charge in [0.05, 0.1) is 0 Å². The van der Waals surface area contributed by atoms with Gasteiger partial charge in [0.25, 0.3) is 0 Å². The number of nitrogens with zero attached hydrogens (tertiary/aromatic N) is 1. The molecule has 2 heterocycles. The summed E-state index contributed by atoms with van der Waals surface area (Å²) >= 11 is 0. The molecule has 1 atom stereocenters. The van der Waals surface area contributed by atoms with Crippen molar-refractivity contribution in [2.45, 2.75) is 44.7 Å². The van der Waals surface area contributed by atoms with Crippen molar-refractivity contribution in [3.63, 3.8) is 0 Å². The largest absolute Gasteiger partial charge is 0.356 e. The van der Waals surface area contributed by atoms with Gasteiger partial charge in [-0.3, -0.25) is 9.69 Å². The molecule has 0 radical (unpaired) electrons. The van der Waals surface area contributed by atoms with Crippen LogP contribution in [0, 0.1) is 0 Å². The first-order valence-electron chi connectivity index (χ1n) is 6.54. The minimum absolute atomic E-state index is 0.232. The number of carbonyl (C=O) groups excluding carboxylic acids is 1. The van der Waals surface area contributed by atoms with E-state index in [1.165, 1.54) is 6.42 Å². The Morgan fingerprint density at radius 2 is 2.19 bits per heavy atom. The Hall–Kier alpha value is -0.610. The maximum atomic E-state index is 11.6. The monoisotopic (exact) mass is 225 g/mol. The summed E-state index contributed by atoms with van der Waals surface area (Å²) in [5.41, 5.74) is 0. The van der Waals surface area contributed by atoms with Gasteiger partial charge in [-0.15, -0.1) is 0 Å². The van der Waals surface area contributed by atoms with Crippen LogP contribution in [0.4, 0.5) is 0 Å². The first kappa shape index (κ1) is 11.9. The molecule has 2 N–H and O–H groups in total. The summed E-state index contributed by atoms with van der Waals surface area (Å²) in [4.78, 5) is 14.1. The van der Waals surface area contributed by atoms with Crippen molar-refractivity contribution in [2.75, 3.05) is 26.2 Å². The summed E-state index contributed by atoms with van der Waals surface area (Å²) in [6.07, 6.45) is 4.15. The van der Waals surface area contributed by atoms with Gasteiger partial charge in [0.2, 0.25) is 5.91 Å². The highest BCUT2D eigenvalue weighted by Gasteiger charge is 2.31. The molecular weight excluding hydrogens is 202 g/mol. The summed E-state index contributed by atoms with van der Waals surface area (Å²) in [5.74, 6) is 0.232. The van der Waals surface area contributed by atoms with Crippen LogP contribution in [0.15, 0.2) is 0 Å². The Morgan fingerprint density at radius 3 is 2.81 bits per heavy atom. The van der Waals surface area contributed by atoms with Crippen LogP contribution in [0.2, 0.25) is 0 Å². The van der Waals surface area contributed by atoms with Gasteiger partial charge in [0.15, 0.2) is 0 Å². The third kappa shape index (κ3) is 2.74. The molecule has 2 aliphatic rings. The molecule has 0 aromatic rings. The molecule has 92 valence electrons. The van der Waals surface area contributed by atoms with Gasteiger partial charge >= 0.3 is 0 Å². The number of hydrogen-bond acceptors (Lipinski definition) is 3. The highest BCUT2D eigenvalue weighted by Crippen LogP contribution is 2.19. The summed E-state index contributed by atoms with van der Waals surface area (Å²) < 4.78 is 0. The smallest absolute Gasteiger partial charge is 0.221 e. The molecule has 0 saturated carbocycles. The van der Waals surface area contributed by atoms with E-state index >= 15 is 0 Å². The lowest BCUT2D eigenvalue weighted by molar-refractivity contribution is -0.122. The fraction of sp³-hybridized carbons (Fsp3) is 0.917. The van der Waals surface area contributed by atoms with Crippen LogP contribution in [0.5, 0.6) is 0 Å². The average molecular weight is 225 g/mol. The van der Waals surface area contributed by atoms with Crippen molar-refractivity contribution in [3.05, 3.63) is 0 Å². The van der Waals surface area contributed by atoms with Crippen molar-refractivity contribution in [1.82, 2.24) is 15.5 Å². The van der Waals surface area contributed by atoms with Crippen LogP contribution in [0.25, 0.3) is 0 Å². The first-order chi connectivity index (χ1) is 7.81. The van der Waals surface area contributed by atoms with Crippen LogP contribution >= 0.6 is 0 Å². The number of hydrogen-bond donors (Lipinski definition) is 2. The lowest BCUT2D eigenvalue weighted by Gasteiger charge is -2.42. The van der Waals surface area contributed by atoms with Crippen LogP contribution in [0.1, 0.15) is 32.6 Å². The molecule has 0 aliphatic carbocycles. The number of nitrogens with one attached hydrogen (secondary N) is 2. The van der Waals surface area contributed by atoms with Crippen LogP contribution in [-0.2, 0) is 4.79 Å². The third-order valence-corrected chi connectivity index (χ3v) is 3.64. The highest BCUT2D eigenvalue weighted by atomic mass is 16.1. The van der Waals surface area contributed by atoms with E-state index < -0.39 is 0 Å². The van der Waals surface area contributed by atoms with Gasteiger partial charge in [0, 0.05) is 38.1 Å². The Bertz CT molecular complexity index is 240. The second-order valence-corrected chi connectivity index (χ2v) is 4.90. The molecule has 16 heavy (non-hydrogen) atoms. The fourth-order valence-electron chi connectivity index (χ4n) is 2.67. The van der Waals surface area contributed by atoms with E-state index in [0.29, 0.717) is 18.5 Å². The van der Waals surface area contributed by atoms with E-state index in [2.05, 4.69) is 22.5 Å². The summed E-state index contributed by atoms with van der Waals surface area (Å²) in [7, 11) is 0. The van der Waals surface area contributed by atoms with Crippen molar-refractivity contribution >= 4 is 5.91 Å². The fourth-order valence-corrected chi connectivity index (χ4v) is 2.67. The maximum absolute atomic E-state index is 11.6. The Kier molecular flexibility index (Phi) is 4.18. The Labute approximate surface area is 97.8 Å². The van der Waals surface area contributed by atoms with Gasteiger partial charge in [-0.05, 0) is 25.8 Å². The molecule has 2 aliphatic heterocycles. The van der Waals surface area contributed by atoms with Gasteiger partial charge in [-0.25, -0.2) is 0 Å². The quantitative estimate of drug-likeness (QED) is 0.725. The van der Waals surface area contributed by atoms with E-state index in [9.17, 15) is 4.79 Å². The van der Waals surface area contributed by atoms with Crippen LogP contribution in [-0.4, -0.2) is 49.1 Å². The lowest BCUT2D eigenvalue weighted by Crippen LogP contribution is -2.60. The molecule has 4 nitrogen and oxygen atoms in total. The molecule has 1 unspecified atom stereocenters. The SMILES string of the molecule is CCCN(C1CNC1)C1CCCNC(=O)C1. The summed E-state index contributed by atoms with van der Waals surface area (Å²) in [6, 6.07) is 1.13. The molecule has 0 aromatic carbocycles. The van der Waals surface area contributed by atoms with Crippen molar-refractivity contribution in [1.29, 1.82) is 0 Å². The van der Waals surface area contributed by atoms with Crippen molar-refractivity contribution in [3.8, 4) is 0 Å². The molecule has 2 rings (SSSR count). The van der Waals surface area contributed by atoms with E-state index in [4.69, 9.17) is 0 Å². The standard InChI is InChI=1S/C12H23N3O/c1-2-6-15(11-8-13-9-11)10-4-3-5-14-12(16)7-10/h10-11,13H,2-9H2,1H3,(H,14,16). The Balaban J connectivity index is 1.96. The molecular formula is C12H23N3O. The zero-order valence-corrected chi connectivity index (χ0v) is 10.2. The summed E-state index contributed by atoms with van der Waals surface area (Å²) in [6.45, 7) is 6.40. The third-order valence-electron chi connectivity index (χ3n) is 3.64. The molecule has 0 spiro atoms. The second-order valence-electron chi connectivity index (χ2n) is 4.90. The van der Waals surface area contributed by atoms with E-state index in [0.717, 1.165) is 39.0 Å². The zero-order valence-electron chi connectivity index (χ0n) is 10.2.